The number of benzene rings is 3. The summed E-state index contributed by atoms with van der Waals surface area (Å²) in [6, 6.07) is 16.6. The average Bonchev–Trinajstić information content (AvgIpc) is 3.14. The summed E-state index contributed by atoms with van der Waals surface area (Å²) in [7, 11) is 1.52. The number of carbonyl (C=O) groups is 2. The van der Waals surface area contributed by atoms with Crippen LogP contribution in [-0.2, 0) is 9.59 Å². The number of halogens is 1. The molecule has 1 fully saturated rings. The smallest absolute Gasteiger partial charge is 0.300 e. The molecule has 0 bridgehead atoms. The zero-order chi connectivity index (χ0) is 26.9. The Kier molecular flexibility index (Phi) is 7.60. The Balaban J connectivity index is 1.90. The topological polar surface area (TPSA) is 76.1 Å². The third-order valence-corrected chi connectivity index (χ3v) is 6.74. The second kappa shape index (κ2) is 10.7. The molecule has 0 saturated carbocycles. The molecule has 1 aliphatic rings. The summed E-state index contributed by atoms with van der Waals surface area (Å²) < 4.78 is 11.4. The SMILES string of the molecule is COc1ccccc1C1/C(=C(\O)c2ccc(OCC(C)C)c(C)c2)C(=O)C(=O)N1c1ccc(C)c(Cl)c1. The number of ether oxygens (including phenoxy) is 2. The van der Waals surface area contributed by atoms with Gasteiger partial charge in [-0.25, -0.2) is 0 Å². The number of nitrogens with zero attached hydrogens (tertiary/aromatic N) is 1. The van der Waals surface area contributed by atoms with Gasteiger partial charge in [0.25, 0.3) is 11.7 Å². The maximum absolute atomic E-state index is 13.5. The number of rotatable bonds is 7. The van der Waals surface area contributed by atoms with Crippen molar-refractivity contribution in [1.82, 2.24) is 0 Å². The van der Waals surface area contributed by atoms with Gasteiger partial charge in [-0.2, -0.15) is 0 Å². The van der Waals surface area contributed by atoms with Crippen LogP contribution in [0.4, 0.5) is 5.69 Å². The first-order valence-corrected chi connectivity index (χ1v) is 12.5. The molecule has 1 heterocycles. The molecule has 1 saturated heterocycles. The third kappa shape index (κ3) is 5.07. The number of amides is 1. The molecule has 192 valence electrons. The molecule has 4 rings (SSSR count). The first-order chi connectivity index (χ1) is 17.6. The molecule has 0 aliphatic carbocycles. The van der Waals surface area contributed by atoms with Crippen LogP contribution in [0, 0.1) is 19.8 Å². The minimum Gasteiger partial charge on any atom is -0.507 e. The Bertz CT molecular complexity index is 1390. The van der Waals surface area contributed by atoms with E-state index in [0.717, 1.165) is 11.1 Å². The van der Waals surface area contributed by atoms with Crippen LogP contribution in [0.2, 0.25) is 5.02 Å². The van der Waals surface area contributed by atoms with Crippen molar-refractivity contribution in [3.8, 4) is 11.5 Å². The number of hydrogen-bond donors (Lipinski definition) is 1. The average molecular weight is 520 g/mol. The summed E-state index contributed by atoms with van der Waals surface area (Å²) in [4.78, 5) is 28.3. The maximum atomic E-state index is 13.5. The fourth-order valence-electron chi connectivity index (χ4n) is 4.39. The van der Waals surface area contributed by atoms with Crippen molar-refractivity contribution in [2.24, 2.45) is 5.92 Å². The van der Waals surface area contributed by atoms with Crippen LogP contribution in [0.25, 0.3) is 5.76 Å². The van der Waals surface area contributed by atoms with Crippen molar-refractivity contribution in [3.63, 3.8) is 0 Å². The van der Waals surface area contributed by atoms with Gasteiger partial charge >= 0.3 is 0 Å². The lowest BCUT2D eigenvalue weighted by Gasteiger charge is -2.27. The van der Waals surface area contributed by atoms with Crippen molar-refractivity contribution in [2.75, 3.05) is 18.6 Å². The fraction of sp³-hybridized carbons (Fsp3) is 0.267. The number of aliphatic hydroxyl groups excluding tert-OH is 1. The second-order valence-electron chi connectivity index (χ2n) is 9.53. The summed E-state index contributed by atoms with van der Waals surface area (Å²) in [5.41, 5.74) is 3.04. The summed E-state index contributed by atoms with van der Waals surface area (Å²) in [5, 5.41) is 11.9. The van der Waals surface area contributed by atoms with Crippen LogP contribution < -0.4 is 14.4 Å². The van der Waals surface area contributed by atoms with E-state index in [1.165, 1.54) is 12.0 Å². The molecule has 6 nitrogen and oxygen atoms in total. The van der Waals surface area contributed by atoms with Gasteiger partial charge in [0.15, 0.2) is 0 Å². The molecule has 0 radical (unpaired) electrons. The minimum atomic E-state index is -0.924. The Morgan fingerprint density at radius 1 is 1.00 bits per heavy atom. The lowest BCUT2D eigenvalue weighted by Crippen LogP contribution is -2.29. The number of carbonyl (C=O) groups excluding carboxylic acids is 2. The largest absolute Gasteiger partial charge is 0.507 e. The molecule has 3 aromatic rings. The number of Topliss-reactive ketones (excluding diaryl/α,β-unsaturated/α-hetero) is 1. The first kappa shape index (κ1) is 26.3. The number of aliphatic hydroxyl groups is 1. The van der Waals surface area contributed by atoms with E-state index in [-0.39, 0.29) is 11.3 Å². The van der Waals surface area contributed by atoms with E-state index < -0.39 is 17.7 Å². The third-order valence-electron chi connectivity index (χ3n) is 6.33. The predicted octanol–water partition coefficient (Wildman–Crippen LogP) is 6.63. The molecule has 0 spiro atoms. The summed E-state index contributed by atoms with van der Waals surface area (Å²) in [6.07, 6.45) is 0. The normalized spacial score (nSPS) is 16.9. The maximum Gasteiger partial charge on any atom is 0.300 e. The van der Waals surface area contributed by atoms with Gasteiger partial charge in [0.05, 0.1) is 25.3 Å². The lowest BCUT2D eigenvalue weighted by molar-refractivity contribution is -0.132. The Morgan fingerprint density at radius 2 is 1.73 bits per heavy atom. The lowest BCUT2D eigenvalue weighted by atomic mass is 9.94. The van der Waals surface area contributed by atoms with E-state index in [1.807, 2.05) is 13.8 Å². The minimum absolute atomic E-state index is 0.0264. The number of para-hydroxylation sites is 1. The Hall–Kier alpha value is -3.77. The molecule has 7 heteroatoms. The predicted molar refractivity (Wildman–Crippen MR) is 145 cm³/mol. The standard InChI is InChI=1S/C30H30ClNO5/c1-17(2)16-37-24-13-11-20(14-19(24)4)28(33)26-27(22-8-6-7-9-25(22)36-5)32(30(35)29(26)34)21-12-10-18(3)23(31)15-21/h6-15,17,27,33H,16H2,1-5H3/b28-26+. The highest BCUT2D eigenvalue weighted by atomic mass is 35.5. The zero-order valence-electron chi connectivity index (χ0n) is 21.5. The number of hydrogen-bond acceptors (Lipinski definition) is 5. The highest BCUT2D eigenvalue weighted by molar-refractivity contribution is 6.52. The van der Waals surface area contributed by atoms with E-state index in [2.05, 4.69) is 13.8 Å². The molecule has 1 atom stereocenters. The first-order valence-electron chi connectivity index (χ1n) is 12.1. The van der Waals surface area contributed by atoms with Crippen LogP contribution in [0.15, 0.2) is 66.2 Å². The van der Waals surface area contributed by atoms with Gasteiger partial charge in [0.2, 0.25) is 0 Å². The van der Waals surface area contributed by atoms with Gasteiger partial charge in [0, 0.05) is 21.8 Å². The molecule has 3 aromatic carbocycles. The highest BCUT2D eigenvalue weighted by Gasteiger charge is 2.48. The fourth-order valence-corrected chi connectivity index (χ4v) is 4.56. The molecule has 1 aliphatic heterocycles. The quantitative estimate of drug-likeness (QED) is 0.215. The Labute approximate surface area is 222 Å². The number of aryl methyl sites for hydroxylation is 2. The molecular formula is C30H30ClNO5. The molecular weight excluding hydrogens is 490 g/mol. The van der Waals surface area contributed by atoms with Gasteiger partial charge < -0.3 is 14.6 Å². The van der Waals surface area contributed by atoms with Crippen molar-refractivity contribution in [3.05, 3.63) is 93.5 Å². The van der Waals surface area contributed by atoms with E-state index in [1.54, 1.807) is 60.7 Å². The number of ketones is 1. The summed E-state index contributed by atoms with van der Waals surface area (Å²) in [5.74, 6) is -0.277. The molecule has 1 amide bonds. The molecule has 37 heavy (non-hydrogen) atoms. The van der Waals surface area contributed by atoms with Crippen LogP contribution in [0.5, 0.6) is 11.5 Å². The van der Waals surface area contributed by atoms with Crippen molar-refractivity contribution in [1.29, 1.82) is 0 Å². The van der Waals surface area contributed by atoms with E-state index in [4.69, 9.17) is 21.1 Å². The van der Waals surface area contributed by atoms with Crippen LogP contribution in [0.1, 0.15) is 42.1 Å². The molecule has 1 unspecified atom stereocenters. The van der Waals surface area contributed by atoms with Crippen molar-refractivity contribution < 1.29 is 24.2 Å². The van der Waals surface area contributed by atoms with Crippen LogP contribution in [-0.4, -0.2) is 30.5 Å². The van der Waals surface area contributed by atoms with Gasteiger partial charge in [-0.1, -0.05) is 49.7 Å². The molecule has 1 N–H and O–H groups in total. The highest BCUT2D eigenvalue weighted by Crippen LogP contribution is 2.45. The summed E-state index contributed by atoms with van der Waals surface area (Å²) in [6.45, 7) is 8.41. The Morgan fingerprint density at radius 3 is 2.38 bits per heavy atom. The van der Waals surface area contributed by atoms with E-state index in [0.29, 0.717) is 45.9 Å². The van der Waals surface area contributed by atoms with Gasteiger partial charge in [0.1, 0.15) is 17.3 Å². The van der Waals surface area contributed by atoms with Gasteiger partial charge in [-0.3, -0.25) is 14.5 Å². The van der Waals surface area contributed by atoms with Crippen molar-refractivity contribution in [2.45, 2.75) is 33.7 Å². The number of anilines is 1. The van der Waals surface area contributed by atoms with Crippen LogP contribution >= 0.6 is 11.6 Å². The van der Waals surface area contributed by atoms with Crippen LogP contribution in [0.3, 0.4) is 0 Å². The molecule has 0 aromatic heterocycles. The zero-order valence-corrected chi connectivity index (χ0v) is 22.3. The van der Waals surface area contributed by atoms with E-state index >= 15 is 0 Å². The van der Waals surface area contributed by atoms with E-state index in [9.17, 15) is 14.7 Å². The second-order valence-corrected chi connectivity index (χ2v) is 9.94. The van der Waals surface area contributed by atoms with Gasteiger partial charge in [-0.15, -0.1) is 0 Å². The number of methoxy groups -OCH3 is 1. The van der Waals surface area contributed by atoms with Gasteiger partial charge in [-0.05, 0) is 67.3 Å². The monoisotopic (exact) mass is 519 g/mol. The summed E-state index contributed by atoms with van der Waals surface area (Å²) >= 11 is 6.38. The van der Waals surface area contributed by atoms with Crippen molar-refractivity contribution >= 4 is 34.7 Å².